The molecule has 1 fully saturated rings. The highest BCUT2D eigenvalue weighted by Crippen LogP contribution is 2.17. The second kappa shape index (κ2) is 7.70. The summed E-state index contributed by atoms with van der Waals surface area (Å²) in [6.07, 6.45) is 2.44. The van der Waals surface area contributed by atoms with E-state index in [0.29, 0.717) is 11.6 Å². The first-order valence-corrected chi connectivity index (χ1v) is 7.91. The molecule has 5 heteroatoms. The molecule has 2 unspecified atom stereocenters. The number of rotatable bonds is 5. The Bertz CT molecular complexity index is 508. The van der Waals surface area contributed by atoms with Gasteiger partial charge in [-0.3, -0.25) is 9.69 Å². The Morgan fingerprint density at radius 3 is 3.00 bits per heavy atom. The molecule has 0 aromatic heterocycles. The molecule has 0 spiro atoms. The van der Waals surface area contributed by atoms with Gasteiger partial charge in [-0.15, -0.1) is 0 Å². The molecular formula is C17H26FN3O. The molecule has 1 aliphatic heterocycles. The topological polar surface area (TPSA) is 35.6 Å². The molecule has 0 aliphatic carbocycles. The zero-order chi connectivity index (χ0) is 16.1. The number of anilines is 1. The van der Waals surface area contributed by atoms with E-state index in [4.69, 9.17) is 0 Å². The molecule has 2 atom stereocenters. The molecule has 1 aromatic rings. The van der Waals surface area contributed by atoms with Gasteiger partial charge in [0.05, 0.1) is 6.04 Å². The van der Waals surface area contributed by atoms with Gasteiger partial charge >= 0.3 is 0 Å². The van der Waals surface area contributed by atoms with Gasteiger partial charge in [0.15, 0.2) is 0 Å². The van der Waals surface area contributed by atoms with Crippen LogP contribution >= 0.6 is 0 Å². The van der Waals surface area contributed by atoms with E-state index in [1.807, 2.05) is 14.0 Å². The van der Waals surface area contributed by atoms with Crippen LogP contribution in [-0.4, -0.2) is 55.5 Å². The fourth-order valence-corrected chi connectivity index (χ4v) is 3.00. The lowest BCUT2D eigenvalue weighted by atomic mass is 9.97. The van der Waals surface area contributed by atoms with Crippen molar-refractivity contribution in [3.63, 3.8) is 0 Å². The van der Waals surface area contributed by atoms with E-state index >= 15 is 0 Å². The van der Waals surface area contributed by atoms with Crippen LogP contribution in [-0.2, 0) is 4.79 Å². The predicted octanol–water partition coefficient (Wildman–Crippen LogP) is 2.43. The van der Waals surface area contributed by atoms with Crippen molar-refractivity contribution in [2.24, 2.45) is 5.92 Å². The summed E-state index contributed by atoms with van der Waals surface area (Å²) in [5.41, 5.74) is 0.502. The summed E-state index contributed by atoms with van der Waals surface area (Å²) < 4.78 is 13.2. The third kappa shape index (κ3) is 4.78. The monoisotopic (exact) mass is 307 g/mol. The number of carbonyl (C=O) groups is 1. The van der Waals surface area contributed by atoms with Crippen LogP contribution in [0.25, 0.3) is 0 Å². The molecule has 4 nitrogen and oxygen atoms in total. The average molecular weight is 307 g/mol. The van der Waals surface area contributed by atoms with Gasteiger partial charge in [-0.1, -0.05) is 6.07 Å². The molecule has 22 heavy (non-hydrogen) atoms. The van der Waals surface area contributed by atoms with E-state index in [1.165, 1.54) is 25.0 Å². The van der Waals surface area contributed by atoms with Crippen molar-refractivity contribution in [2.75, 3.05) is 39.0 Å². The van der Waals surface area contributed by atoms with Crippen molar-refractivity contribution in [3.8, 4) is 0 Å². The lowest BCUT2D eigenvalue weighted by Gasteiger charge is -2.34. The number of benzene rings is 1. The van der Waals surface area contributed by atoms with E-state index < -0.39 is 0 Å². The number of likely N-dealkylation sites (tertiary alicyclic amines) is 1. The van der Waals surface area contributed by atoms with Crippen LogP contribution in [0.4, 0.5) is 10.1 Å². The van der Waals surface area contributed by atoms with E-state index in [9.17, 15) is 9.18 Å². The maximum absolute atomic E-state index is 13.2. The van der Waals surface area contributed by atoms with E-state index in [1.54, 1.807) is 12.1 Å². The minimum Gasteiger partial charge on any atom is -0.325 e. The van der Waals surface area contributed by atoms with Crippen LogP contribution in [0.1, 0.15) is 19.8 Å². The van der Waals surface area contributed by atoms with E-state index in [2.05, 4.69) is 22.2 Å². The summed E-state index contributed by atoms with van der Waals surface area (Å²) in [6, 6.07) is 5.75. The van der Waals surface area contributed by atoms with E-state index in [-0.39, 0.29) is 17.8 Å². The molecule has 1 amide bonds. The molecule has 0 radical (unpaired) electrons. The average Bonchev–Trinajstić information content (AvgIpc) is 2.46. The lowest BCUT2D eigenvalue weighted by molar-refractivity contribution is -0.120. The summed E-state index contributed by atoms with van der Waals surface area (Å²) in [4.78, 5) is 16.7. The van der Waals surface area contributed by atoms with Crippen LogP contribution in [0.2, 0.25) is 0 Å². The van der Waals surface area contributed by atoms with Gasteiger partial charge < -0.3 is 10.2 Å². The number of amides is 1. The van der Waals surface area contributed by atoms with Crippen LogP contribution in [0, 0.1) is 11.7 Å². The molecule has 0 bridgehead atoms. The minimum absolute atomic E-state index is 0.0998. The molecule has 1 saturated heterocycles. The second-order valence-electron chi connectivity index (χ2n) is 6.39. The molecule has 1 aliphatic rings. The van der Waals surface area contributed by atoms with Gasteiger partial charge in [0.25, 0.3) is 0 Å². The van der Waals surface area contributed by atoms with Crippen LogP contribution in [0.15, 0.2) is 24.3 Å². The molecule has 1 aromatic carbocycles. The Balaban J connectivity index is 1.86. The van der Waals surface area contributed by atoms with Crippen molar-refractivity contribution in [3.05, 3.63) is 30.1 Å². The van der Waals surface area contributed by atoms with Crippen molar-refractivity contribution >= 4 is 11.6 Å². The SMILES string of the molecule is CC(C(=O)Nc1cccc(F)c1)N(C)CC1CCCN(C)C1. The summed E-state index contributed by atoms with van der Waals surface area (Å²) in [6.45, 7) is 5.04. The highest BCUT2D eigenvalue weighted by Gasteiger charge is 2.23. The molecule has 2 rings (SSSR count). The van der Waals surface area contributed by atoms with Gasteiger partial charge in [-0.2, -0.15) is 0 Å². The number of piperidine rings is 1. The summed E-state index contributed by atoms with van der Waals surface area (Å²) in [5.74, 6) is 0.162. The normalized spacial score (nSPS) is 20.9. The number of hydrogen-bond acceptors (Lipinski definition) is 3. The number of carbonyl (C=O) groups excluding carboxylic acids is 1. The van der Waals surface area contributed by atoms with Crippen LogP contribution in [0.5, 0.6) is 0 Å². The van der Waals surface area contributed by atoms with Gasteiger partial charge in [-0.05, 0) is 64.5 Å². The number of likely N-dealkylation sites (N-methyl/N-ethyl adjacent to an activating group) is 1. The van der Waals surface area contributed by atoms with Gasteiger partial charge in [0.1, 0.15) is 5.82 Å². The zero-order valence-electron chi connectivity index (χ0n) is 13.7. The Hall–Kier alpha value is -1.46. The van der Waals surface area contributed by atoms with Crippen molar-refractivity contribution in [2.45, 2.75) is 25.8 Å². The van der Waals surface area contributed by atoms with Crippen LogP contribution in [0.3, 0.4) is 0 Å². The molecule has 1 heterocycles. The Morgan fingerprint density at radius 1 is 1.55 bits per heavy atom. The quantitative estimate of drug-likeness (QED) is 0.907. The highest BCUT2D eigenvalue weighted by molar-refractivity contribution is 5.94. The third-order valence-electron chi connectivity index (χ3n) is 4.40. The lowest BCUT2D eigenvalue weighted by Crippen LogP contribution is -2.45. The first-order valence-electron chi connectivity index (χ1n) is 7.91. The van der Waals surface area contributed by atoms with Crippen molar-refractivity contribution < 1.29 is 9.18 Å². The second-order valence-corrected chi connectivity index (χ2v) is 6.39. The highest BCUT2D eigenvalue weighted by atomic mass is 19.1. The van der Waals surface area contributed by atoms with Gasteiger partial charge in [-0.25, -0.2) is 4.39 Å². The Kier molecular flexibility index (Phi) is 5.91. The predicted molar refractivity (Wildman–Crippen MR) is 87.3 cm³/mol. The minimum atomic E-state index is -0.343. The zero-order valence-corrected chi connectivity index (χ0v) is 13.7. The standard InChI is InChI=1S/C17H26FN3O/c1-13(17(22)19-16-8-4-7-15(18)10-16)21(3)12-14-6-5-9-20(2)11-14/h4,7-8,10,13-14H,5-6,9,11-12H2,1-3H3,(H,19,22). The number of hydrogen-bond donors (Lipinski definition) is 1. The maximum atomic E-state index is 13.2. The fraction of sp³-hybridized carbons (Fsp3) is 0.588. The largest absolute Gasteiger partial charge is 0.325 e. The first-order chi connectivity index (χ1) is 10.5. The summed E-state index contributed by atoms with van der Waals surface area (Å²) in [5, 5.41) is 2.78. The Morgan fingerprint density at radius 2 is 2.32 bits per heavy atom. The number of nitrogens with zero attached hydrogens (tertiary/aromatic N) is 2. The van der Waals surface area contributed by atoms with Gasteiger partial charge in [0, 0.05) is 18.8 Å². The van der Waals surface area contributed by atoms with Crippen molar-refractivity contribution in [1.29, 1.82) is 0 Å². The fourth-order valence-electron chi connectivity index (χ4n) is 3.00. The molecule has 1 N–H and O–H groups in total. The van der Waals surface area contributed by atoms with E-state index in [0.717, 1.165) is 19.6 Å². The number of nitrogens with one attached hydrogen (secondary N) is 1. The van der Waals surface area contributed by atoms with Crippen LogP contribution < -0.4 is 5.32 Å². The maximum Gasteiger partial charge on any atom is 0.241 e. The number of halogens is 1. The summed E-state index contributed by atoms with van der Waals surface area (Å²) >= 11 is 0. The molecular weight excluding hydrogens is 281 g/mol. The first kappa shape index (κ1) is 16.9. The molecule has 122 valence electrons. The summed E-state index contributed by atoms with van der Waals surface area (Å²) in [7, 11) is 4.12. The van der Waals surface area contributed by atoms with Crippen molar-refractivity contribution in [1.82, 2.24) is 9.80 Å². The van der Waals surface area contributed by atoms with Gasteiger partial charge in [0.2, 0.25) is 5.91 Å². The molecule has 0 saturated carbocycles. The Labute approximate surface area is 132 Å². The third-order valence-corrected chi connectivity index (χ3v) is 4.40. The smallest absolute Gasteiger partial charge is 0.241 e.